The zero-order valence-corrected chi connectivity index (χ0v) is 12.0. The molecule has 1 rings (SSSR count). The number of aromatic hydroxyl groups is 2. The van der Waals surface area contributed by atoms with Crippen LogP contribution in [-0.2, 0) is 4.79 Å². The molecular formula is C14H20N2O4. The fourth-order valence-electron chi connectivity index (χ4n) is 1.70. The Labute approximate surface area is 118 Å². The monoisotopic (exact) mass is 280 g/mol. The van der Waals surface area contributed by atoms with Crippen molar-refractivity contribution < 1.29 is 19.8 Å². The number of hydrogen-bond donors (Lipinski definition) is 2. The lowest BCUT2D eigenvalue weighted by Gasteiger charge is -2.23. The van der Waals surface area contributed by atoms with E-state index < -0.39 is 11.7 Å². The Hall–Kier alpha value is -2.24. The van der Waals surface area contributed by atoms with Crippen LogP contribution in [0.25, 0.3) is 0 Å². The first-order valence-corrected chi connectivity index (χ1v) is 6.38. The van der Waals surface area contributed by atoms with E-state index in [-0.39, 0.29) is 23.8 Å². The molecule has 0 aliphatic carbocycles. The fourth-order valence-corrected chi connectivity index (χ4v) is 1.70. The molecule has 0 fully saturated rings. The van der Waals surface area contributed by atoms with E-state index in [0.717, 1.165) is 0 Å². The van der Waals surface area contributed by atoms with Crippen LogP contribution < -0.4 is 0 Å². The molecule has 0 heterocycles. The summed E-state index contributed by atoms with van der Waals surface area (Å²) in [6.45, 7) is 2.23. The SMILES string of the molecule is CCCN(CC(=O)N(C)C)C(=O)c1cccc(O)c1O. The zero-order valence-electron chi connectivity index (χ0n) is 12.0. The number of phenolic OH excluding ortho intramolecular Hbond substituents is 2. The van der Waals surface area contributed by atoms with Crippen molar-refractivity contribution in [1.29, 1.82) is 0 Å². The minimum atomic E-state index is -0.476. The molecule has 0 atom stereocenters. The van der Waals surface area contributed by atoms with Crippen LogP contribution in [0.15, 0.2) is 18.2 Å². The van der Waals surface area contributed by atoms with Crippen LogP contribution in [0.4, 0.5) is 0 Å². The molecule has 0 bridgehead atoms. The quantitative estimate of drug-likeness (QED) is 0.790. The van der Waals surface area contributed by atoms with Crippen molar-refractivity contribution in [2.24, 2.45) is 0 Å². The highest BCUT2D eigenvalue weighted by molar-refractivity contribution is 5.99. The summed E-state index contributed by atoms with van der Waals surface area (Å²) in [5.74, 6) is -1.50. The topological polar surface area (TPSA) is 81.1 Å². The number of amides is 2. The summed E-state index contributed by atoms with van der Waals surface area (Å²) < 4.78 is 0. The molecule has 110 valence electrons. The van der Waals surface area contributed by atoms with Crippen molar-refractivity contribution >= 4 is 11.8 Å². The van der Waals surface area contributed by atoms with Crippen LogP contribution in [0.3, 0.4) is 0 Å². The Morgan fingerprint density at radius 1 is 1.20 bits per heavy atom. The molecule has 0 aliphatic heterocycles. The highest BCUT2D eigenvalue weighted by Crippen LogP contribution is 2.29. The molecule has 0 aromatic heterocycles. The number of likely N-dealkylation sites (N-methyl/N-ethyl adjacent to an activating group) is 1. The minimum absolute atomic E-state index is 0.00925. The van der Waals surface area contributed by atoms with Gasteiger partial charge >= 0.3 is 0 Å². The highest BCUT2D eigenvalue weighted by atomic mass is 16.3. The second-order valence-electron chi connectivity index (χ2n) is 4.69. The van der Waals surface area contributed by atoms with Crippen LogP contribution in [0.2, 0.25) is 0 Å². The van der Waals surface area contributed by atoms with Crippen LogP contribution >= 0.6 is 0 Å². The van der Waals surface area contributed by atoms with Gasteiger partial charge in [0.25, 0.3) is 5.91 Å². The first-order valence-electron chi connectivity index (χ1n) is 6.38. The van der Waals surface area contributed by atoms with Crippen molar-refractivity contribution in [3.8, 4) is 11.5 Å². The van der Waals surface area contributed by atoms with Gasteiger partial charge < -0.3 is 20.0 Å². The lowest BCUT2D eigenvalue weighted by atomic mass is 10.1. The van der Waals surface area contributed by atoms with Gasteiger partial charge in [-0.05, 0) is 18.6 Å². The van der Waals surface area contributed by atoms with Crippen molar-refractivity contribution in [3.63, 3.8) is 0 Å². The van der Waals surface area contributed by atoms with Gasteiger partial charge in [0.05, 0.1) is 5.56 Å². The third-order valence-corrected chi connectivity index (χ3v) is 2.85. The maximum absolute atomic E-state index is 12.4. The molecule has 1 aromatic carbocycles. The van der Waals surface area contributed by atoms with Crippen molar-refractivity contribution in [2.75, 3.05) is 27.2 Å². The van der Waals surface area contributed by atoms with Crippen LogP contribution in [0.5, 0.6) is 11.5 Å². The number of rotatable bonds is 5. The average Bonchev–Trinajstić information content (AvgIpc) is 2.40. The molecule has 0 saturated carbocycles. The summed E-state index contributed by atoms with van der Waals surface area (Å²) >= 11 is 0. The number of carbonyl (C=O) groups excluding carboxylic acids is 2. The van der Waals surface area contributed by atoms with Gasteiger partial charge in [-0.3, -0.25) is 9.59 Å². The molecule has 0 saturated heterocycles. The largest absolute Gasteiger partial charge is 0.504 e. The lowest BCUT2D eigenvalue weighted by molar-refractivity contribution is -0.129. The summed E-state index contributed by atoms with van der Waals surface area (Å²) in [4.78, 5) is 26.8. The van der Waals surface area contributed by atoms with Gasteiger partial charge in [-0.25, -0.2) is 0 Å². The van der Waals surface area contributed by atoms with Gasteiger partial charge in [0.1, 0.15) is 6.54 Å². The fraction of sp³-hybridized carbons (Fsp3) is 0.429. The van der Waals surface area contributed by atoms with Gasteiger partial charge in [0.15, 0.2) is 11.5 Å². The number of phenols is 2. The van der Waals surface area contributed by atoms with Crippen molar-refractivity contribution in [1.82, 2.24) is 9.80 Å². The van der Waals surface area contributed by atoms with E-state index in [0.29, 0.717) is 13.0 Å². The Morgan fingerprint density at radius 3 is 2.40 bits per heavy atom. The smallest absolute Gasteiger partial charge is 0.258 e. The Bertz CT molecular complexity index is 500. The van der Waals surface area contributed by atoms with Gasteiger partial charge in [-0.2, -0.15) is 0 Å². The average molecular weight is 280 g/mol. The molecule has 0 aliphatic rings. The second-order valence-corrected chi connectivity index (χ2v) is 4.69. The summed E-state index contributed by atoms with van der Waals surface area (Å²) in [5, 5.41) is 19.2. The number of para-hydroxylation sites is 1. The summed E-state index contributed by atoms with van der Waals surface area (Å²) in [6, 6.07) is 4.18. The normalized spacial score (nSPS) is 10.2. The third-order valence-electron chi connectivity index (χ3n) is 2.85. The van der Waals surface area contributed by atoms with E-state index >= 15 is 0 Å². The van der Waals surface area contributed by atoms with E-state index in [9.17, 15) is 19.8 Å². The highest BCUT2D eigenvalue weighted by Gasteiger charge is 2.22. The predicted octanol–water partition coefficient (Wildman–Crippen LogP) is 1.04. The molecule has 6 heteroatoms. The third kappa shape index (κ3) is 3.63. The van der Waals surface area contributed by atoms with E-state index in [1.165, 1.54) is 28.0 Å². The van der Waals surface area contributed by atoms with Crippen molar-refractivity contribution in [2.45, 2.75) is 13.3 Å². The standard InChI is InChI=1S/C14H20N2O4/c1-4-8-16(9-12(18)15(2)3)14(20)10-6-5-7-11(17)13(10)19/h5-7,17,19H,4,8-9H2,1-3H3. The number of nitrogens with zero attached hydrogens (tertiary/aromatic N) is 2. The molecule has 1 aromatic rings. The molecule has 0 radical (unpaired) electrons. The van der Waals surface area contributed by atoms with E-state index in [1.54, 1.807) is 14.1 Å². The molecule has 6 nitrogen and oxygen atoms in total. The van der Waals surface area contributed by atoms with Crippen LogP contribution in [-0.4, -0.2) is 59.0 Å². The summed E-state index contributed by atoms with van der Waals surface area (Å²) in [7, 11) is 3.23. The van der Waals surface area contributed by atoms with Gasteiger partial charge in [-0.1, -0.05) is 13.0 Å². The predicted molar refractivity (Wildman–Crippen MR) is 74.7 cm³/mol. The lowest BCUT2D eigenvalue weighted by Crippen LogP contribution is -2.40. The first kappa shape index (κ1) is 15.8. The van der Waals surface area contributed by atoms with Gasteiger partial charge in [0.2, 0.25) is 5.91 Å². The maximum atomic E-state index is 12.4. The number of carbonyl (C=O) groups is 2. The molecule has 2 amide bonds. The van der Waals surface area contributed by atoms with Gasteiger partial charge in [0, 0.05) is 20.6 Å². The minimum Gasteiger partial charge on any atom is -0.504 e. The van der Waals surface area contributed by atoms with Gasteiger partial charge in [-0.15, -0.1) is 0 Å². The molecule has 2 N–H and O–H groups in total. The van der Waals surface area contributed by atoms with Crippen LogP contribution in [0.1, 0.15) is 23.7 Å². The molecule has 20 heavy (non-hydrogen) atoms. The summed E-state index contributed by atoms with van der Waals surface area (Å²) in [5.41, 5.74) is -0.00925. The molecule has 0 spiro atoms. The Kier molecular flexibility index (Phi) is 5.37. The zero-order chi connectivity index (χ0) is 15.3. The van der Waals surface area contributed by atoms with E-state index in [4.69, 9.17) is 0 Å². The van der Waals surface area contributed by atoms with Crippen molar-refractivity contribution in [3.05, 3.63) is 23.8 Å². The van der Waals surface area contributed by atoms with Crippen LogP contribution in [0, 0.1) is 0 Å². The van der Waals surface area contributed by atoms with E-state index in [1.807, 2.05) is 6.92 Å². The molecular weight excluding hydrogens is 260 g/mol. The number of benzene rings is 1. The van der Waals surface area contributed by atoms with E-state index in [2.05, 4.69) is 0 Å². The summed E-state index contributed by atoms with van der Waals surface area (Å²) in [6.07, 6.45) is 0.687. The maximum Gasteiger partial charge on any atom is 0.258 e. The Balaban J connectivity index is 2.99. The Morgan fingerprint density at radius 2 is 1.85 bits per heavy atom. The molecule has 0 unspecified atom stereocenters. The second kappa shape index (κ2) is 6.79. The first-order chi connectivity index (χ1) is 9.38. The number of hydrogen-bond acceptors (Lipinski definition) is 4.